The van der Waals surface area contributed by atoms with E-state index in [9.17, 15) is 4.79 Å². The van der Waals surface area contributed by atoms with Gasteiger partial charge in [-0.2, -0.15) is 5.10 Å². The quantitative estimate of drug-likeness (QED) is 0.886. The molecule has 0 saturated carbocycles. The van der Waals surface area contributed by atoms with Gasteiger partial charge in [0.05, 0.1) is 11.8 Å². The highest BCUT2D eigenvalue weighted by Crippen LogP contribution is 2.23. The number of aromatic nitrogens is 4. The van der Waals surface area contributed by atoms with Gasteiger partial charge in [-0.3, -0.25) is 9.89 Å². The van der Waals surface area contributed by atoms with E-state index in [-0.39, 0.29) is 5.91 Å². The molecular weight excluding hydrogens is 302 g/mol. The Morgan fingerprint density at radius 2 is 2.29 bits per heavy atom. The first-order valence-electron chi connectivity index (χ1n) is 9.01. The van der Waals surface area contributed by atoms with Gasteiger partial charge in [0.2, 0.25) is 0 Å². The molecule has 3 rings (SSSR count). The topological polar surface area (TPSA) is 66.8 Å². The average molecular weight is 329 g/mol. The van der Waals surface area contributed by atoms with Gasteiger partial charge in [0.15, 0.2) is 0 Å². The van der Waals surface area contributed by atoms with Gasteiger partial charge in [-0.15, -0.1) is 0 Å². The molecule has 1 aliphatic heterocycles. The number of H-pyrrole nitrogens is 1. The van der Waals surface area contributed by atoms with Crippen LogP contribution in [0.25, 0.3) is 0 Å². The number of imidazole rings is 1. The van der Waals surface area contributed by atoms with Crippen molar-refractivity contribution in [2.45, 2.75) is 65.0 Å². The van der Waals surface area contributed by atoms with Crippen LogP contribution in [0.3, 0.4) is 0 Å². The fourth-order valence-corrected chi connectivity index (χ4v) is 3.59. The molecule has 24 heavy (non-hydrogen) atoms. The van der Waals surface area contributed by atoms with Gasteiger partial charge in [-0.05, 0) is 39.0 Å². The van der Waals surface area contributed by atoms with Gasteiger partial charge in [0, 0.05) is 37.2 Å². The largest absolute Gasteiger partial charge is 0.335 e. The molecular formula is C18H27N5O. The smallest absolute Gasteiger partial charge is 0.257 e. The van der Waals surface area contributed by atoms with Crippen LogP contribution in [0.2, 0.25) is 0 Å². The summed E-state index contributed by atoms with van der Waals surface area (Å²) in [5.41, 5.74) is 1.72. The summed E-state index contributed by atoms with van der Waals surface area (Å²) in [5, 5.41) is 7.09. The lowest BCUT2D eigenvalue weighted by Gasteiger charge is -2.36. The molecule has 0 aliphatic carbocycles. The van der Waals surface area contributed by atoms with Gasteiger partial charge in [-0.25, -0.2) is 4.98 Å². The van der Waals surface area contributed by atoms with Gasteiger partial charge in [-0.1, -0.05) is 13.3 Å². The number of rotatable bonds is 6. The van der Waals surface area contributed by atoms with Crippen molar-refractivity contribution in [3.05, 3.63) is 35.7 Å². The van der Waals surface area contributed by atoms with Crippen LogP contribution >= 0.6 is 0 Å². The van der Waals surface area contributed by atoms with Crippen molar-refractivity contribution in [2.24, 2.45) is 0 Å². The molecule has 1 fully saturated rings. The number of carbonyl (C=O) groups excluding carboxylic acids is 1. The summed E-state index contributed by atoms with van der Waals surface area (Å²) in [5.74, 6) is 1.17. The molecule has 3 heterocycles. The van der Waals surface area contributed by atoms with E-state index in [1.807, 2.05) is 19.3 Å². The van der Waals surface area contributed by atoms with E-state index in [1.54, 1.807) is 6.20 Å². The third-order valence-corrected chi connectivity index (χ3v) is 4.96. The maximum absolute atomic E-state index is 13.0. The minimum absolute atomic E-state index is 0.138. The van der Waals surface area contributed by atoms with Crippen molar-refractivity contribution in [1.82, 2.24) is 24.6 Å². The molecule has 6 nitrogen and oxygen atoms in total. The Hall–Kier alpha value is -2.11. The van der Waals surface area contributed by atoms with Crippen LogP contribution in [0.15, 0.2) is 18.6 Å². The van der Waals surface area contributed by atoms with Crippen LogP contribution in [0, 0.1) is 6.92 Å². The minimum atomic E-state index is 0.138. The molecule has 130 valence electrons. The first-order valence-corrected chi connectivity index (χ1v) is 9.01. The second-order valence-corrected chi connectivity index (χ2v) is 6.62. The maximum atomic E-state index is 13.0. The number of aryl methyl sites for hydroxylation is 3. The Bertz CT molecular complexity index is 675. The van der Waals surface area contributed by atoms with Crippen molar-refractivity contribution >= 4 is 5.91 Å². The average Bonchev–Trinajstić information content (AvgIpc) is 3.22. The molecule has 6 heteroatoms. The molecule has 0 radical (unpaired) electrons. The second-order valence-electron chi connectivity index (χ2n) is 6.62. The summed E-state index contributed by atoms with van der Waals surface area (Å²) in [4.78, 5) is 19.4. The van der Waals surface area contributed by atoms with Crippen LogP contribution in [-0.2, 0) is 13.0 Å². The summed E-state index contributed by atoms with van der Waals surface area (Å²) < 4.78 is 2.16. The number of carbonyl (C=O) groups is 1. The first-order chi connectivity index (χ1) is 11.7. The van der Waals surface area contributed by atoms with Gasteiger partial charge < -0.3 is 9.47 Å². The van der Waals surface area contributed by atoms with Crippen molar-refractivity contribution in [2.75, 3.05) is 6.54 Å². The lowest BCUT2D eigenvalue weighted by Crippen LogP contribution is -2.44. The van der Waals surface area contributed by atoms with E-state index in [0.717, 1.165) is 62.3 Å². The van der Waals surface area contributed by atoms with Gasteiger partial charge in [0.1, 0.15) is 5.82 Å². The molecule has 0 bridgehead atoms. The zero-order chi connectivity index (χ0) is 16.9. The zero-order valence-corrected chi connectivity index (χ0v) is 14.7. The van der Waals surface area contributed by atoms with E-state index < -0.39 is 0 Å². The van der Waals surface area contributed by atoms with Crippen molar-refractivity contribution in [3.63, 3.8) is 0 Å². The van der Waals surface area contributed by atoms with E-state index >= 15 is 0 Å². The minimum Gasteiger partial charge on any atom is -0.335 e. The highest BCUT2D eigenvalue weighted by atomic mass is 16.2. The van der Waals surface area contributed by atoms with Crippen LogP contribution < -0.4 is 0 Å². The molecule has 1 unspecified atom stereocenters. The van der Waals surface area contributed by atoms with E-state index in [0.29, 0.717) is 6.04 Å². The molecule has 1 amide bonds. The lowest BCUT2D eigenvalue weighted by molar-refractivity contribution is 0.0594. The number of amides is 1. The second kappa shape index (κ2) is 7.64. The van der Waals surface area contributed by atoms with Crippen LogP contribution in [0.1, 0.15) is 60.9 Å². The standard InChI is InChI=1S/C18H27N5O/c1-3-6-17-16(13-20-21-17)18(24)23-10-5-4-7-15(23)8-11-22-12-9-19-14(22)2/h9,12-13,15H,3-8,10-11H2,1-2H3,(H,20,21). The Morgan fingerprint density at radius 3 is 3.04 bits per heavy atom. The fourth-order valence-electron chi connectivity index (χ4n) is 3.59. The van der Waals surface area contributed by atoms with Gasteiger partial charge in [0.25, 0.3) is 5.91 Å². The van der Waals surface area contributed by atoms with Crippen molar-refractivity contribution in [1.29, 1.82) is 0 Å². The van der Waals surface area contributed by atoms with E-state index in [2.05, 4.69) is 31.6 Å². The fraction of sp³-hybridized carbons (Fsp3) is 0.611. The predicted molar refractivity (Wildman–Crippen MR) is 92.8 cm³/mol. The SMILES string of the molecule is CCCc1[nH]ncc1C(=O)N1CCCCC1CCn1ccnc1C. The lowest BCUT2D eigenvalue weighted by atomic mass is 9.98. The molecule has 2 aromatic heterocycles. The Morgan fingerprint density at radius 1 is 1.42 bits per heavy atom. The number of hydrogen-bond acceptors (Lipinski definition) is 3. The number of likely N-dealkylation sites (tertiary alicyclic amines) is 1. The van der Waals surface area contributed by atoms with E-state index in [4.69, 9.17) is 0 Å². The Labute approximate surface area is 143 Å². The number of nitrogens with zero attached hydrogens (tertiary/aromatic N) is 4. The monoisotopic (exact) mass is 329 g/mol. The first kappa shape index (κ1) is 16.7. The maximum Gasteiger partial charge on any atom is 0.257 e. The Balaban J connectivity index is 1.70. The molecule has 2 aromatic rings. The third-order valence-electron chi connectivity index (χ3n) is 4.96. The number of nitrogens with one attached hydrogen (secondary N) is 1. The normalized spacial score (nSPS) is 18.1. The predicted octanol–water partition coefficient (Wildman–Crippen LogP) is 2.95. The van der Waals surface area contributed by atoms with Crippen LogP contribution in [0.5, 0.6) is 0 Å². The zero-order valence-electron chi connectivity index (χ0n) is 14.7. The van der Waals surface area contributed by atoms with Crippen molar-refractivity contribution < 1.29 is 4.79 Å². The summed E-state index contributed by atoms with van der Waals surface area (Å²) in [6.07, 6.45) is 11.8. The van der Waals surface area contributed by atoms with E-state index in [1.165, 1.54) is 6.42 Å². The summed E-state index contributed by atoms with van der Waals surface area (Å²) in [6, 6.07) is 0.303. The van der Waals surface area contributed by atoms with Crippen molar-refractivity contribution in [3.8, 4) is 0 Å². The highest BCUT2D eigenvalue weighted by Gasteiger charge is 2.29. The molecule has 1 saturated heterocycles. The third kappa shape index (κ3) is 3.52. The summed E-state index contributed by atoms with van der Waals surface area (Å²) in [7, 11) is 0. The number of piperidine rings is 1. The summed E-state index contributed by atoms with van der Waals surface area (Å²) >= 11 is 0. The molecule has 1 N–H and O–H groups in total. The number of hydrogen-bond donors (Lipinski definition) is 1. The molecule has 1 atom stereocenters. The Kier molecular flexibility index (Phi) is 5.33. The highest BCUT2D eigenvalue weighted by molar-refractivity contribution is 5.95. The van der Waals surface area contributed by atoms with Crippen LogP contribution in [0.4, 0.5) is 0 Å². The molecule has 0 aromatic carbocycles. The molecule has 1 aliphatic rings. The molecule has 0 spiro atoms. The van der Waals surface area contributed by atoms with Gasteiger partial charge >= 0.3 is 0 Å². The summed E-state index contributed by atoms with van der Waals surface area (Å²) in [6.45, 7) is 5.90. The van der Waals surface area contributed by atoms with Crippen LogP contribution in [-0.4, -0.2) is 43.1 Å². The number of aromatic amines is 1.